The Morgan fingerprint density at radius 1 is 1.40 bits per heavy atom. The molecule has 1 N–H and O–H groups in total. The maximum Gasteiger partial charge on any atom is 0.0928 e. The molecular weight excluding hydrogens is 266 g/mol. The summed E-state index contributed by atoms with van der Waals surface area (Å²) in [6.45, 7) is 9.10. The van der Waals surface area contributed by atoms with Crippen LogP contribution in [0.1, 0.15) is 56.7 Å². The first-order valence-corrected chi connectivity index (χ1v) is 9.08. The van der Waals surface area contributed by atoms with Crippen molar-refractivity contribution in [1.29, 1.82) is 0 Å². The average molecular weight is 295 g/mol. The quantitative estimate of drug-likeness (QED) is 0.756. The van der Waals surface area contributed by atoms with Crippen LogP contribution in [0, 0.1) is 0 Å². The first kappa shape index (κ1) is 15.9. The summed E-state index contributed by atoms with van der Waals surface area (Å²) in [5, 5.41) is 7.17. The smallest absolute Gasteiger partial charge is 0.0928 e. The zero-order valence-electron chi connectivity index (χ0n) is 13.0. The molecule has 0 amide bonds. The Morgan fingerprint density at radius 2 is 2.30 bits per heavy atom. The molecule has 114 valence electrons. The van der Waals surface area contributed by atoms with E-state index in [0.29, 0.717) is 6.04 Å². The monoisotopic (exact) mass is 295 g/mol. The zero-order valence-corrected chi connectivity index (χ0v) is 13.8. The summed E-state index contributed by atoms with van der Waals surface area (Å²) in [6.07, 6.45) is 7.55. The number of nitrogens with one attached hydrogen (secondary N) is 1. The maximum absolute atomic E-state index is 4.78. The number of hydrogen-bond acceptors (Lipinski definition) is 4. The Labute approximate surface area is 127 Å². The highest BCUT2D eigenvalue weighted by Gasteiger charge is 2.18. The molecule has 0 aromatic carbocycles. The van der Waals surface area contributed by atoms with Crippen LogP contribution >= 0.6 is 11.3 Å². The summed E-state index contributed by atoms with van der Waals surface area (Å²) in [5.41, 5.74) is 1.27. The van der Waals surface area contributed by atoms with Crippen LogP contribution < -0.4 is 5.32 Å². The first-order valence-electron chi connectivity index (χ1n) is 8.20. The van der Waals surface area contributed by atoms with Crippen molar-refractivity contribution in [3.05, 3.63) is 16.1 Å². The van der Waals surface area contributed by atoms with E-state index in [1.807, 2.05) is 11.3 Å². The average Bonchev–Trinajstić information content (AvgIpc) is 3.09. The molecule has 2 rings (SSSR count). The van der Waals surface area contributed by atoms with E-state index in [1.165, 1.54) is 62.4 Å². The first-order chi connectivity index (χ1) is 9.81. The largest absolute Gasteiger partial charge is 0.313 e. The molecule has 1 aliphatic heterocycles. The van der Waals surface area contributed by atoms with Gasteiger partial charge in [-0.1, -0.05) is 20.3 Å². The van der Waals surface area contributed by atoms with Crippen LogP contribution in [-0.2, 0) is 13.0 Å². The van der Waals surface area contributed by atoms with Gasteiger partial charge in [0.2, 0.25) is 0 Å². The summed E-state index contributed by atoms with van der Waals surface area (Å²) in [7, 11) is 0. The van der Waals surface area contributed by atoms with E-state index in [4.69, 9.17) is 4.98 Å². The highest BCUT2D eigenvalue weighted by molar-refractivity contribution is 7.09. The van der Waals surface area contributed by atoms with Gasteiger partial charge in [0, 0.05) is 24.5 Å². The van der Waals surface area contributed by atoms with E-state index in [-0.39, 0.29) is 0 Å². The Kier molecular flexibility index (Phi) is 6.97. The molecule has 0 saturated carbocycles. The van der Waals surface area contributed by atoms with Gasteiger partial charge in [0.1, 0.15) is 0 Å². The van der Waals surface area contributed by atoms with Gasteiger partial charge < -0.3 is 5.32 Å². The van der Waals surface area contributed by atoms with E-state index in [2.05, 4.69) is 29.4 Å². The van der Waals surface area contributed by atoms with Gasteiger partial charge in [0.05, 0.1) is 10.7 Å². The predicted octanol–water partition coefficient (Wildman–Crippen LogP) is 3.45. The maximum atomic E-state index is 4.78. The lowest BCUT2D eigenvalue weighted by atomic mass is 10.2. The van der Waals surface area contributed by atoms with E-state index >= 15 is 0 Å². The van der Waals surface area contributed by atoms with Crippen molar-refractivity contribution in [1.82, 2.24) is 15.2 Å². The molecule has 1 aliphatic rings. The highest BCUT2D eigenvalue weighted by Crippen LogP contribution is 2.15. The van der Waals surface area contributed by atoms with Gasteiger partial charge in [-0.2, -0.15) is 0 Å². The number of thiazole rings is 1. The van der Waals surface area contributed by atoms with Crippen LogP contribution in [0.15, 0.2) is 5.38 Å². The van der Waals surface area contributed by atoms with Crippen LogP contribution in [0.25, 0.3) is 0 Å². The zero-order chi connectivity index (χ0) is 14.2. The van der Waals surface area contributed by atoms with Gasteiger partial charge >= 0.3 is 0 Å². The molecule has 20 heavy (non-hydrogen) atoms. The molecule has 1 fully saturated rings. The summed E-state index contributed by atoms with van der Waals surface area (Å²) in [5.74, 6) is 0. The molecule has 4 heteroatoms. The second-order valence-corrected chi connectivity index (χ2v) is 6.81. The molecule has 1 aromatic rings. The van der Waals surface area contributed by atoms with Crippen molar-refractivity contribution in [2.24, 2.45) is 0 Å². The summed E-state index contributed by atoms with van der Waals surface area (Å²) < 4.78 is 0. The summed E-state index contributed by atoms with van der Waals surface area (Å²) in [6, 6.07) is 0.695. The van der Waals surface area contributed by atoms with Crippen molar-refractivity contribution in [2.75, 3.05) is 19.6 Å². The molecule has 1 atom stereocenters. The minimum Gasteiger partial charge on any atom is -0.313 e. The van der Waals surface area contributed by atoms with Gasteiger partial charge in [-0.05, 0) is 45.2 Å². The minimum absolute atomic E-state index is 0.695. The Hall–Kier alpha value is -0.450. The molecule has 0 aliphatic carbocycles. The number of aryl methyl sites for hydroxylation is 1. The second-order valence-electron chi connectivity index (χ2n) is 5.86. The lowest BCUT2D eigenvalue weighted by Crippen LogP contribution is -2.37. The third kappa shape index (κ3) is 5.15. The predicted molar refractivity (Wildman–Crippen MR) is 87.3 cm³/mol. The van der Waals surface area contributed by atoms with Crippen LogP contribution in [0.2, 0.25) is 0 Å². The number of nitrogens with zero attached hydrogens (tertiary/aromatic N) is 2. The lowest BCUT2D eigenvalue weighted by Gasteiger charge is -2.24. The standard InChI is InChI=1S/C16H29N3S/c1-3-5-10-19(11-14-8-6-9-17-14)12-15-13-20-16(18-15)7-4-2/h13-14,17H,3-12H2,1-2H3. The van der Waals surface area contributed by atoms with Gasteiger partial charge in [-0.15, -0.1) is 11.3 Å². The Bertz CT molecular complexity index is 372. The second kappa shape index (κ2) is 8.75. The Balaban J connectivity index is 1.87. The molecule has 1 aromatic heterocycles. The fourth-order valence-electron chi connectivity index (χ4n) is 2.82. The van der Waals surface area contributed by atoms with Crippen molar-refractivity contribution in [3.63, 3.8) is 0 Å². The SMILES string of the molecule is CCCCN(Cc1csc(CCC)n1)CC1CCCN1. The van der Waals surface area contributed by atoms with Crippen molar-refractivity contribution < 1.29 is 0 Å². The van der Waals surface area contributed by atoms with Crippen molar-refractivity contribution in [3.8, 4) is 0 Å². The van der Waals surface area contributed by atoms with E-state index < -0.39 is 0 Å². The third-order valence-corrected chi connectivity index (χ3v) is 4.88. The normalized spacial score (nSPS) is 19.1. The van der Waals surface area contributed by atoms with Gasteiger partial charge in [-0.3, -0.25) is 4.90 Å². The molecule has 2 heterocycles. The highest BCUT2D eigenvalue weighted by atomic mass is 32.1. The van der Waals surface area contributed by atoms with Crippen molar-refractivity contribution >= 4 is 11.3 Å². The minimum atomic E-state index is 0.695. The molecule has 0 bridgehead atoms. The van der Waals surface area contributed by atoms with E-state index in [9.17, 15) is 0 Å². The molecule has 1 saturated heterocycles. The van der Waals surface area contributed by atoms with E-state index in [0.717, 1.165) is 13.0 Å². The topological polar surface area (TPSA) is 28.2 Å². The van der Waals surface area contributed by atoms with Crippen LogP contribution in [-0.4, -0.2) is 35.6 Å². The van der Waals surface area contributed by atoms with Gasteiger partial charge in [-0.25, -0.2) is 4.98 Å². The molecule has 3 nitrogen and oxygen atoms in total. The fraction of sp³-hybridized carbons (Fsp3) is 0.812. The number of aromatic nitrogens is 1. The summed E-state index contributed by atoms with van der Waals surface area (Å²) >= 11 is 1.83. The molecule has 0 radical (unpaired) electrons. The van der Waals surface area contributed by atoms with Crippen LogP contribution in [0.5, 0.6) is 0 Å². The summed E-state index contributed by atoms with van der Waals surface area (Å²) in [4.78, 5) is 7.37. The number of rotatable bonds is 9. The van der Waals surface area contributed by atoms with Crippen LogP contribution in [0.4, 0.5) is 0 Å². The number of unbranched alkanes of at least 4 members (excludes halogenated alkanes) is 1. The molecule has 1 unspecified atom stereocenters. The lowest BCUT2D eigenvalue weighted by molar-refractivity contribution is 0.235. The molecule has 0 spiro atoms. The number of hydrogen-bond donors (Lipinski definition) is 1. The molecular formula is C16H29N3S. The van der Waals surface area contributed by atoms with Crippen molar-refractivity contribution in [2.45, 2.75) is 65.0 Å². The van der Waals surface area contributed by atoms with E-state index in [1.54, 1.807) is 0 Å². The third-order valence-electron chi connectivity index (χ3n) is 3.92. The van der Waals surface area contributed by atoms with Gasteiger partial charge in [0.25, 0.3) is 0 Å². The van der Waals surface area contributed by atoms with Crippen LogP contribution in [0.3, 0.4) is 0 Å². The fourth-order valence-corrected chi connectivity index (χ4v) is 3.71. The van der Waals surface area contributed by atoms with Gasteiger partial charge in [0.15, 0.2) is 0 Å². The Morgan fingerprint density at radius 3 is 3.00 bits per heavy atom.